The average Bonchev–Trinajstić information content (AvgIpc) is 3.15. The van der Waals surface area contributed by atoms with Crippen LogP contribution < -0.4 is 5.73 Å². The van der Waals surface area contributed by atoms with Crippen LogP contribution >= 0.6 is 0 Å². The SMILES string of the molecule is CCC(N)C(=O)N1CCCC1B1OC2CC3CC(C3(C)C)C2(C)O1. The van der Waals surface area contributed by atoms with Gasteiger partial charge in [0.15, 0.2) is 0 Å². The third-order valence-electron chi connectivity index (χ3n) is 7.62. The van der Waals surface area contributed by atoms with Crippen LogP contribution in [-0.2, 0) is 14.1 Å². The van der Waals surface area contributed by atoms with Crippen LogP contribution in [0.2, 0.25) is 0 Å². The maximum atomic E-state index is 12.6. The van der Waals surface area contributed by atoms with Crippen LogP contribution in [-0.4, -0.2) is 48.2 Å². The van der Waals surface area contributed by atoms with Crippen molar-refractivity contribution in [1.82, 2.24) is 4.90 Å². The zero-order valence-electron chi connectivity index (χ0n) is 15.5. The molecule has 5 fully saturated rings. The molecule has 3 aliphatic carbocycles. The van der Waals surface area contributed by atoms with Crippen molar-refractivity contribution in [1.29, 1.82) is 0 Å². The summed E-state index contributed by atoms with van der Waals surface area (Å²) >= 11 is 0. The molecule has 6 heteroatoms. The van der Waals surface area contributed by atoms with E-state index in [-0.39, 0.29) is 30.7 Å². The molecule has 5 nitrogen and oxygen atoms in total. The van der Waals surface area contributed by atoms with Gasteiger partial charge in [-0.05, 0) is 56.3 Å². The van der Waals surface area contributed by atoms with Gasteiger partial charge in [0.25, 0.3) is 0 Å². The molecule has 3 saturated carbocycles. The molecule has 2 aliphatic heterocycles. The fourth-order valence-corrected chi connectivity index (χ4v) is 5.80. The second kappa shape index (κ2) is 5.45. The van der Waals surface area contributed by atoms with Gasteiger partial charge < -0.3 is 19.9 Å². The first-order chi connectivity index (χ1) is 11.3. The first kappa shape index (κ1) is 16.9. The summed E-state index contributed by atoms with van der Waals surface area (Å²) in [5.41, 5.74) is 6.14. The Morgan fingerprint density at radius 1 is 1.38 bits per heavy atom. The molecule has 0 aromatic heterocycles. The molecule has 24 heavy (non-hydrogen) atoms. The molecule has 0 radical (unpaired) electrons. The highest BCUT2D eigenvalue weighted by atomic mass is 16.7. The van der Waals surface area contributed by atoms with E-state index in [4.69, 9.17) is 15.0 Å². The first-order valence-electron chi connectivity index (χ1n) is 9.68. The topological polar surface area (TPSA) is 64.8 Å². The van der Waals surface area contributed by atoms with Gasteiger partial charge in [0.2, 0.25) is 5.91 Å². The van der Waals surface area contributed by atoms with E-state index in [9.17, 15) is 4.79 Å². The van der Waals surface area contributed by atoms with Crippen molar-refractivity contribution in [3.05, 3.63) is 0 Å². The van der Waals surface area contributed by atoms with Crippen molar-refractivity contribution >= 4 is 13.0 Å². The predicted molar refractivity (Wildman–Crippen MR) is 93.1 cm³/mol. The van der Waals surface area contributed by atoms with Crippen LogP contribution in [0.25, 0.3) is 0 Å². The summed E-state index contributed by atoms with van der Waals surface area (Å²) in [5.74, 6) is 1.38. The molecule has 2 N–H and O–H groups in total. The first-order valence-corrected chi connectivity index (χ1v) is 9.68. The molecule has 2 bridgehead atoms. The highest BCUT2D eigenvalue weighted by molar-refractivity contribution is 6.48. The van der Waals surface area contributed by atoms with Crippen LogP contribution in [0.4, 0.5) is 0 Å². The summed E-state index contributed by atoms with van der Waals surface area (Å²) in [6.07, 6.45) is 5.15. The van der Waals surface area contributed by atoms with Crippen LogP contribution in [0.1, 0.15) is 59.8 Å². The maximum absolute atomic E-state index is 12.6. The lowest BCUT2D eigenvalue weighted by Crippen LogP contribution is -2.65. The number of rotatable bonds is 3. The normalized spacial score (nSPS) is 44.2. The standard InChI is InChI=1S/C18H31BN2O3/c1-5-12(20)16(22)21-8-6-7-15(21)19-23-14-10-11-9-13(17(11,2)3)18(14,4)24-19/h11-15H,5-10,20H2,1-4H3. The highest BCUT2D eigenvalue weighted by Gasteiger charge is 2.69. The third kappa shape index (κ3) is 2.15. The Morgan fingerprint density at radius 3 is 2.79 bits per heavy atom. The summed E-state index contributed by atoms with van der Waals surface area (Å²) < 4.78 is 12.9. The summed E-state index contributed by atoms with van der Waals surface area (Å²) in [7, 11) is -0.286. The summed E-state index contributed by atoms with van der Waals surface area (Å²) in [6, 6.07) is -0.406. The predicted octanol–water partition coefficient (Wildman–Crippen LogP) is 1.98. The Hall–Kier alpha value is -0.585. The Morgan fingerprint density at radius 2 is 2.12 bits per heavy atom. The van der Waals surface area contributed by atoms with Gasteiger partial charge in [0.05, 0.1) is 23.7 Å². The summed E-state index contributed by atoms with van der Waals surface area (Å²) in [6.45, 7) is 9.71. The fourth-order valence-electron chi connectivity index (χ4n) is 5.80. The minimum atomic E-state index is -0.406. The zero-order chi connectivity index (χ0) is 17.3. The van der Waals surface area contributed by atoms with Gasteiger partial charge >= 0.3 is 7.12 Å². The third-order valence-corrected chi connectivity index (χ3v) is 7.62. The largest absolute Gasteiger partial charge is 0.481 e. The summed E-state index contributed by atoms with van der Waals surface area (Å²) in [4.78, 5) is 14.5. The molecule has 2 heterocycles. The van der Waals surface area contributed by atoms with E-state index in [2.05, 4.69) is 20.8 Å². The molecule has 6 unspecified atom stereocenters. The van der Waals surface area contributed by atoms with Gasteiger partial charge in [0, 0.05) is 6.54 Å². The minimum Gasteiger partial charge on any atom is -0.404 e. The number of nitrogens with zero attached hydrogens (tertiary/aromatic N) is 1. The van der Waals surface area contributed by atoms with Crippen LogP contribution in [0.5, 0.6) is 0 Å². The highest BCUT2D eigenvalue weighted by Crippen LogP contribution is 2.65. The Labute approximate surface area is 145 Å². The molecule has 2 saturated heterocycles. The van der Waals surface area contributed by atoms with Gasteiger partial charge in [-0.25, -0.2) is 0 Å². The maximum Gasteiger partial charge on any atom is 0.481 e. The quantitative estimate of drug-likeness (QED) is 0.802. The van der Waals surface area contributed by atoms with Gasteiger partial charge in [-0.15, -0.1) is 0 Å². The summed E-state index contributed by atoms with van der Waals surface area (Å²) in [5, 5.41) is 0. The number of carbonyl (C=O) groups excluding carboxylic acids is 1. The van der Waals surface area contributed by atoms with E-state index >= 15 is 0 Å². The minimum absolute atomic E-state index is 0.0258. The van der Waals surface area contributed by atoms with E-state index in [1.165, 1.54) is 6.42 Å². The number of carbonyl (C=O) groups is 1. The fraction of sp³-hybridized carbons (Fsp3) is 0.944. The van der Waals surface area contributed by atoms with E-state index in [0.29, 0.717) is 17.8 Å². The van der Waals surface area contributed by atoms with Crippen molar-refractivity contribution in [2.75, 3.05) is 6.54 Å². The molecular formula is C18H31BN2O3. The second-order valence-corrected chi connectivity index (χ2v) is 9.09. The number of amides is 1. The monoisotopic (exact) mass is 334 g/mol. The molecule has 5 rings (SSSR count). The zero-order valence-corrected chi connectivity index (χ0v) is 15.5. The van der Waals surface area contributed by atoms with E-state index < -0.39 is 6.04 Å². The van der Waals surface area contributed by atoms with E-state index in [1.807, 2.05) is 11.8 Å². The Bertz CT molecular complexity index is 542. The Balaban J connectivity index is 1.51. The lowest BCUT2D eigenvalue weighted by molar-refractivity contribution is -0.199. The molecule has 134 valence electrons. The molecule has 1 amide bonds. The molecule has 0 aromatic carbocycles. The van der Waals surface area contributed by atoms with Crippen molar-refractivity contribution in [3.63, 3.8) is 0 Å². The van der Waals surface area contributed by atoms with Crippen LogP contribution in [0.15, 0.2) is 0 Å². The smallest absolute Gasteiger partial charge is 0.404 e. The van der Waals surface area contributed by atoms with Gasteiger partial charge in [0.1, 0.15) is 0 Å². The lowest BCUT2D eigenvalue weighted by atomic mass is 9.43. The number of nitrogens with two attached hydrogens (primary N) is 1. The van der Waals surface area contributed by atoms with Gasteiger partial charge in [-0.1, -0.05) is 20.8 Å². The molecule has 0 spiro atoms. The van der Waals surface area contributed by atoms with Crippen molar-refractivity contribution in [3.8, 4) is 0 Å². The van der Waals surface area contributed by atoms with Crippen molar-refractivity contribution < 1.29 is 14.1 Å². The van der Waals surface area contributed by atoms with Gasteiger partial charge in [-0.2, -0.15) is 0 Å². The van der Waals surface area contributed by atoms with E-state index in [1.54, 1.807) is 0 Å². The molecular weight excluding hydrogens is 303 g/mol. The van der Waals surface area contributed by atoms with Crippen LogP contribution in [0, 0.1) is 17.3 Å². The lowest BCUT2D eigenvalue weighted by Gasteiger charge is -2.64. The number of hydrogen-bond donors (Lipinski definition) is 1. The molecule has 0 aromatic rings. The second-order valence-electron chi connectivity index (χ2n) is 9.09. The van der Waals surface area contributed by atoms with Gasteiger partial charge in [-0.3, -0.25) is 4.79 Å². The molecule has 6 atom stereocenters. The number of likely N-dealkylation sites (tertiary alicyclic amines) is 1. The van der Waals surface area contributed by atoms with Crippen molar-refractivity contribution in [2.45, 2.75) is 83.5 Å². The van der Waals surface area contributed by atoms with Crippen LogP contribution in [0.3, 0.4) is 0 Å². The molecule has 5 aliphatic rings. The Kier molecular flexibility index (Phi) is 3.83. The average molecular weight is 334 g/mol. The number of hydrogen-bond acceptors (Lipinski definition) is 4. The van der Waals surface area contributed by atoms with Crippen molar-refractivity contribution in [2.24, 2.45) is 23.0 Å². The van der Waals surface area contributed by atoms with E-state index in [0.717, 1.165) is 31.7 Å².